The number of aliphatic carboxylic acids is 1. The molecule has 0 aromatic carbocycles. The van der Waals surface area contributed by atoms with Crippen molar-refractivity contribution < 1.29 is 14.7 Å². The summed E-state index contributed by atoms with van der Waals surface area (Å²) in [4.78, 5) is 21.2. The number of hydrogen-bond donors (Lipinski definition) is 3. The van der Waals surface area contributed by atoms with E-state index >= 15 is 0 Å². The van der Waals surface area contributed by atoms with Crippen LogP contribution in [0.5, 0.6) is 0 Å². The predicted molar refractivity (Wildman–Crippen MR) is 53.0 cm³/mol. The van der Waals surface area contributed by atoms with Crippen LogP contribution >= 0.6 is 0 Å². The van der Waals surface area contributed by atoms with Crippen molar-refractivity contribution in [1.29, 1.82) is 0 Å². The lowest BCUT2D eigenvalue weighted by molar-refractivity contribution is -0.136. The minimum Gasteiger partial charge on any atom is -0.480 e. The van der Waals surface area contributed by atoms with E-state index in [2.05, 4.69) is 10.6 Å². The Kier molecular flexibility index (Phi) is 6.74. The Morgan fingerprint density at radius 3 is 2.50 bits per heavy atom. The molecule has 3 N–H and O–H groups in total. The molecule has 82 valence electrons. The number of carbonyl (C=O) groups is 2. The fourth-order valence-corrected chi connectivity index (χ4v) is 0.804. The second-order valence-electron chi connectivity index (χ2n) is 3.52. The molecule has 0 spiro atoms. The molecule has 0 atom stereocenters. The van der Waals surface area contributed by atoms with Gasteiger partial charge >= 0.3 is 5.97 Å². The first-order valence-electron chi connectivity index (χ1n) is 4.71. The maximum atomic E-state index is 11.1. The number of carbonyl (C=O) groups excluding carboxylic acids is 1. The monoisotopic (exact) mass is 202 g/mol. The molecule has 1 amide bonds. The number of carboxylic acids is 1. The summed E-state index contributed by atoms with van der Waals surface area (Å²) in [7, 11) is 0. The minimum atomic E-state index is -0.910. The summed E-state index contributed by atoms with van der Waals surface area (Å²) in [5, 5.41) is 13.7. The third-order valence-corrected chi connectivity index (χ3v) is 1.51. The van der Waals surface area contributed by atoms with Gasteiger partial charge in [-0.25, -0.2) is 0 Å². The number of nitrogens with one attached hydrogen (secondary N) is 2. The summed E-state index contributed by atoms with van der Waals surface area (Å²) in [5.74, 6) is -0.518. The van der Waals surface area contributed by atoms with Crippen LogP contribution in [0.1, 0.15) is 20.3 Å². The highest BCUT2D eigenvalue weighted by Crippen LogP contribution is 1.87. The van der Waals surface area contributed by atoms with Gasteiger partial charge in [0, 0.05) is 19.5 Å². The maximum Gasteiger partial charge on any atom is 0.317 e. The molecule has 0 aromatic heterocycles. The summed E-state index contributed by atoms with van der Waals surface area (Å²) < 4.78 is 0. The van der Waals surface area contributed by atoms with Crippen molar-refractivity contribution in [1.82, 2.24) is 10.6 Å². The van der Waals surface area contributed by atoms with E-state index < -0.39 is 5.97 Å². The van der Waals surface area contributed by atoms with E-state index in [4.69, 9.17) is 5.11 Å². The molecule has 0 radical (unpaired) electrons. The van der Waals surface area contributed by atoms with Crippen LogP contribution in [-0.2, 0) is 9.59 Å². The molecule has 0 rings (SSSR count). The minimum absolute atomic E-state index is 0.0448. The van der Waals surface area contributed by atoms with Gasteiger partial charge in [0.2, 0.25) is 5.91 Å². The van der Waals surface area contributed by atoms with E-state index in [0.29, 0.717) is 25.4 Å². The number of amides is 1. The van der Waals surface area contributed by atoms with Crippen LogP contribution in [0.3, 0.4) is 0 Å². The first-order chi connectivity index (χ1) is 6.52. The van der Waals surface area contributed by atoms with Gasteiger partial charge in [-0.1, -0.05) is 13.8 Å². The zero-order chi connectivity index (χ0) is 11.0. The number of hydrogen-bond acceptors (Lipinski definition) is 3. The summed E-state index contributed by atoms with van der Waals surface area (Å²) in [5.41, 5.74) is 0. The smallest absolute Gasteiger partial charge is 0.317 e. The number of rotatable bonds is 7. The molecule has 0 heterocycles. The van der Waals surface area contributed by atoms with Gasteiger partial charge in [0.15, 0.2) is 0 Å². The molecule has 0 aliphatic carbocycles. The van der Waals surface area contributed by atoms with Gasteiger partial charge in [-0.05, 0) is 5.92 Å². The Balaban J connectivity index is 3.31. The summed E-state index contributed by atoms with van der Waals surface area (Å²) in [6.07, 6.45) is 0.319. The number of carboxylic acid groups (broad SMARTS) is 1. The zero-order valence-electron chi connectivity index (χ0n) is 8.67. The molecule has 14 heavy (non-hydrogen) atoms. The lowest BCUT2D eigenvalue weighted by atomic mass is 10.2. The van der Waals surface area contributed by atoms with Crippen LogP contribution in [0.4, 0.5) is 0 Å². The van der Waals surface area contributed by atoms with Crippen LogP contribution in [-0.4, -0.2) is 36.6 Å². The highest BCUT2D eigenvalue weighted by molar-refractivity contribution is 5.76. The third-order valence-electron chi connectivity index (χ3n) is 1.51. The SMILES string of the molecule is CC(C)CNC(=O)CCNCC(=O)O. The zero-order valence-corrected chi connectivity index (χ0v) is 8.67. The Labute approximate surface area is 83.9 Å². The molecule has 5 nitrogen and oxygen atoms in total. The average Bonchev–Trinajstić information content (AvgIpc) is 2.08. The van der Waals surface area contributed by atoms with Crippen LogP contribution in [0, 0.1) is 5.92 Å². The summed E-state index contributed by atoms with van der Waals surface area (Å²) in [6.45, 7) is 5.00. The van der Waals surface area contributed by atoms with Crippen LogP contribution in [0.15, 0.2) is 0 Å². The molecule has 5 heteroatoms. The Morgan fingerprint density at radius 2 is 2.00 bits per heavy atom. The molecular weight excluding hydrogens is 184 g/mol. The van der Waals surface area contributed by atoms with Crippen molar-refractivity contribution in [3.63, 3.8) is 0 Å². The van der Waals surface area contributed by atoms with E-state index in [-0.39, 0.29) is 12.5 Å². The quantitative estimate of drug-likeness (QED) is 0.500. The Morgan fingerprint density at radius 1 is 1.36 bits per heavy atom. The molecule has 0 unspecified atom stereocenters. The van der Waals surface area contributed by atoms with Crippen molar-refractivity contribution >= 4 is 11.9 Å². The van der Waals surface area contributed by atoms with Gasteiger partial charge in [-0.15, -0.1) is 0 Å². The fourth-order valence-electron chi connectivity index (χ4n) is 0.804. The second kappa shape index (κ2) is 7.32. The molecule has 0 aliphatic rings. The normalized spacial score (nSPS) is 10.2. The predicted octanol–water partition coefficient (Wildman–Crippen LogP) is -0.177. The average molecular weight is 202 g/mol. The lowest BCUT2D eigenvalue weighted by Crippen LogP contribution is -2.31. The van der Waals surface area contributed by atoms with Crippen LogP contribution in [0.25, 0.3) is 0 Å². The first kappa shape index (κ1) is 12.9. The van der Waals surface area contributed by atoms with E-state index in [9.17, 15) is 9.59 Å². The molecule has 0 bridgehead atoms. The molecule has 0 fully saturated rings. The van der Waals surface area contributed by atoms with Crippen molar-refractivity contribution in [2.75, 3.05) is 19.6 Å². The molecule has 0 aromatic rings. The lowest BCUT2D eigenvalue weighted by Gasteiger charge is -2.07. The van der Waals surface area contributed by atoms with E-state index in [1.54, 1.807) is 0 Å². The first-order valence-corrected chi connectivity index (χ1v) is 4.71. The maximum absolute atomic E-state index is 11.1. The molecular formula is C9H18N2O3. The Bertz CT molecular complexity index is 192. The van der Waals surface area contributed by atoms with Crippen molar-refractivity contribution in [2.45, 2.75) is 20.3 Å². The van der Waals surface area contributed by atoms with Gasteiger partial charge in [0.05, 0.1) is 6.54 Å². The summed E-state index contributed by atoms with van der Waals surface area (Å²) in [6, 6.07) is 0. The summed E-state index contributed by atoms with van der Waals surface area (Å²) >= 11 is 0. The Hall–Kier alpha value is -1.10. The van der Waals surface area contributed by atoms with Gasteiger partial charge in [-0.3, -0.25) is 9.59 Å². The van der Waals surface area contributed by atoms with Crippen molar-refractivity contribution in [3.8, 4) is 0 Å². The molecule has 0 saturated carbocycles. The largest absolute Gasteiger partial charge is 0.480 e. The van der Waals surface area contributed by atoms with E-state index in [0.717, 1.165) is 0 Å². The fraction of sp³-hybridized carbons (Fsp3) is 0.778. The van der Waals surface area contributed by atoms with E-state index in [1.165, 1.54) is 0 Å². The highest BCUT2D eigenvalue weighted by atomic mass is 16.4. The van der Waals surface area contributed by atoms with Crippen LogP contribution in [0.2, 0.25) is 0 Å². The topological polar surface area (TPSA) is 78.4 Å². The van der Waals surface area contributed by atoms with E-state index in [1.807, 2.05) is 13.8 Å². The standard InChI is InChI=1S/C9H18N2O3/c1-7(2)5-11-8(12)3-4-10-6-9(13)14/h7,10H,3-6H2,1-2H3,(H,11,12)(H,13,14). The van der Waals surface area contributed by atoms with Gasteiger partial charge in [-0.2, -0.15) is 0 Å². The van der Waals surface area contributed by atoms with Crippen molar-refractivity contribution in [3.05, 3.63) is 0 Å². The van der Waals surface area contributed by atoms with Gasteiger partial charge < -0.3 is 15.7 Å². The van der Waals surface area contributed by atoms with Gasteiger partial charge in [0.1, 0.15) is 0 Å². The highest BCUT2D eigenvalue weighted by Gasteiger charge is 2.02. The van der Waals surface area contributed by atoms with Gasteiger partial charge in [0.25, 0.3) is 0 Å². The molecule has 0 saturated heterocycles. The van der Waals surface area contributed by atoms with Crippen LogP contribution < -0.4 is 10.6 Å². The molecule has 0 aliphatic heterocycles. The second-order valence-corrected chi connectivity index (χ2v) is 3.52. The van der Waals surface area contributed by atoms with Crippen molar-refractivity contribution in [2.24, 2.45) is 5.92 Å². The third kappa shape index (κ3) is 8.99.